The van der Waals surface area contributed by atoms with Gasteiger partial charge in [-0.2, -0.15) is 0 Å². The third-order valence-corrected chi connectivity index (χ3v) is 4.02. The molecule has 1 unspecified atom stereocenters. The molecule has 0 saturated heterocycles. The lowest BCUT2D eigenvalue weighted by Crippen LogP contribution is -2.29. The molecule has 5 N–H and O–H groups in total. The summed E-state index contributed by atoms with van der Waals surface area (Å²) in [5.74, 6) is 5.66. The van der Waals surface area contributed by atoms with Crippen molar-refractivity contribution in [2.75, 3.05) is 5.73 Å². The molecular formula is C14H17BrN4. The minimum atomic E-state index is 0.00315. The van der Waals surface area contributed by atoms with E-state index in [1.807, 2.05) is 0 Å². The van der Waals surface area contributed by atoms with E-state index in [4.69, 9.17) is 11.6 Å². The maximum Gasteiger partial charge on any atom is 0.0502 e. The number of aryl methyl sites for hydroxylation is 1. The highest BCUT2D eigenvalue weighted by Gasteiger charge is 2.13. The molecule has 0 radical (unpaired) electrons. The fraction of sp³-hybridized carbons (Fsp3) is 0.214. The summed E-state index contributed by atoms with van der Waals surface area (Å²) in [6, 6.07) is 8.01. The van der Waals surface area contributed by atoms with Crippen molar-refractivity contribution in [3.05, 3.63) is 57.8 Å². The average molecular weight is 321 g/mol. The number of pyridine rings is 1. The van der Waals surface area contributed by atoms with Gasteiger partial charge in [0.05, 0.1) is 6.04 Å². The van der Waals surface area contributed by atoms with Crippen LogP contribution >= 0.6 is 15.9 Å². The van der Waals surface area contributed by atoms with Crippen LogP contribution < -0.4 is 17.0 Å². The van der Waals surface area contributed by atoms with Crippen molar-refractivity contribution in [2.45, 2.75) is 19.4 Å². The highest BCUT2D eigenvalue weighted by molar-refractivity contribution is 9.10. The molecule has 5 heteroatoms. The lowest BCUT2D eigenvalue weighted by Gasteiger charge is -2.18. The minimum Gasteiger partial charge on any atom is -0.398 e. The molecule has 0 bridgehead atoms. The first-order valence-corrected chi connectivity index (χ1v) is 6.81. The van der Waals surface area contributed by atoms with Crippen LogP contribution in [0.25, 0.3) is 0 Å². The smallest absolute Gasteiger partial charge is 0.0502 e. The molecular weight excluding hydrogens is 304 g/mol. The number of hydrazine groups is 1. The van der Waals surface area contributed by atoms with Gasteiger partial charge in [-0.3, -0.25) is 16.3 Å². The maximum absolute atomic E-state index is 5.94. The number of nitrogens with zero attached hydrogens (tertiary/aromatic N) is 1. The van der Waals surface area contributed by atoms with Gasteiger partial charge in [0.1, 0.15) is 0 Å². The van der Waals surface area contributed by atoms with Crippen molar-refractivity contribution < 1.29 is 0 Å². The molecule has 0 amide bonds. The largest absolute Gasteiger partial charge is 0.398 e. The van der Waals surface area contributed by atoms with E-state index in [1.165, 1.54) is 5.56 Å². The van der Waals surface area contributed by atoms with E-state index < -0.39 is 0 Å². The second-order valence-electron chi connectivity index (χ2n) is 4.51. The standard InChI is InChI=1S/C14H17BrN4/c1-9-2-3-10(6-12(9)15)14(19-17)7-11-8-18-5-4-13(11)16/h2-6,8,14,19H,7,17H2,1H3,(H2,16,18). The summed E-state index contributed by atoms with van der Waals surface area (Å²) in [6.07, 6.45) is 4.17. The zero-order valence-electron chi connectivity index (χ0n) is 10.7. The molecule has 2 rings (SSSR count). The van der Waals surface area contributed by atoms with Crippen molar-refractivity contribution in [3.8, 4) is 0 Å². The molecule has 2 aromatic rings. The number of hydrogen-bond donors (Lipinski definition) is 3. The van der Waals surface area contributed by atoms with Gasteiger partial charge in [0, 0.05) is 22.6 Å². The summed E-state index contributed by atoms with van der Waals surface area (Å²) in [5.41, 5.74) is 12.8. The van der Waals surface area contributed by atoms with Gasteiger partial charge in [-0.05, 0) is 42.2 Å². The molecule has 0 fully saturated rings. The summed E-state index contributed by atoms with van der Waals surface area (Å²) in [4.78, 5) is 4.10. The fourth-order valence-corrected chi connectivity index (χ4v) is 2.32. The Morgan fingerprint density at radius 2 is 2.16 bits per heavy atom. The SMILES string of the molecule is Cc1ccc(C(Cc2cnccc2N)NN)cc1Br. The van der Waals surface area contributed by atoms with Crippen LogP contribution in [0.1, 0.15) is 22.7 Å². The Morgan fingerprint density at radius 1 is 1.37 bits per heavy atom. The van der Waals surface area contributed by atoms with E-state index >= 15 is 0 Å². The van der Waals surface area contributed by atoms with Gasteiger partial charge in [0.15, 0.2) is 0 Å². The first-order valence-electron chi connectivity index (χ1n) is 6.02. The van der Waals surface area contributed by atoms with Crippen LogP contribution in [0.3, 0.4) is 0 Å². The zero-order valence-corrected chi connectivity index (χ0v) is 12.3. The van der Waals surface area contributed by atoms with E-state index in [1.54, 1.807) is 18.5 Å². The predicted octanol–water partition coefficient (Wildman–Crippen LogP) is 2.48. The van der Waals surface area contributed by atoms with E-state index in [9.17, 15) is 0 Å². The highest BCUT2D eigenvalue weighted by Crippen LogP contribution is 2.25. The van der Waals surface area contributed by atoms with Gasteiger partial charge in [-0.1, -0.05) is 28.1 Å². The van der Waals surface area contributed by atoms with Crippen LogP contribution in [0.2, 0.25) is 0 Å². The van der Waals surface area contributed by atoms with E-state index in [2.05, 4.69) is 51.5 Å². The number of benzene rings is 1. The number of hydrogen-bond acceptors (Lipinski definition) is 4. The summed E-state index contributed by atoms with van der Waals surface area (Å²) in [6.45, 7) is 2.05. The molecule has 0 spiro atoms. The quantitative estimate of drug-likeness (QED) is 0.597. The second-order valence-corrected chi connectivity index (χ2v) is 5.36. The Balaban J connectivity index is 2.25. The molecule has 100 valence electrons. The van der Waals surface area contributed by atoms with Crippen LogP contribution in [0.5, 0.6) is 0 Å². The third-order valence-electron chi connectivity index (χ3n) is 3.16. The van der Waals surface area contributed by atoms with Gasteiger partial charge < -0.3 is 5.73 Å². The van der Waals surface area contributed by atoms with Crippen molar-refractivity contribution in [2.24, 2.45) is 5.84 Å². The lowest BCUT2D eigenvalue weighted by atomic mass is 9.99. The van der Waals surface area contributed by atoms with Gasteiger partial charge in [-0.25, -0.2) is 0 Å². The number of aromatic nitrogens is 1. The highest BCUT2D eigenvalue weighted by atomic mass is 79.9. The monoisotopic (exact) mass is 320 g/mol. The Labute approximate surface area is 121 Å². The Kier molecular flexibility index (Phi) is 4.52. The van der Waals surface area contributed by atoms with Crippen LogP contribution in [0.4, 0.5) is 5.69 Å². The Hall–Kier alpha value is -1.43. The van der Waals surface area contributed by atoms with Gasteiger partial charge in [0.2, 0.25) is 0 Å². The molecule has 0 aliphatic carbocycles. The van der Waals surface area contributed by atoms with Crippen LogP contribution in [0.15, 0.2) is 41.1 Å². The van der Waals surface area contributed by atoms with Crippen molar-refractivity contribution in [1.82, 2.24) is 10.4 Å². The molecule has 1 atom stereocenters. The number of nitrogens with two attached hydrogens (primary N) is 2. The predicted molar refractivity (Wildman–Crippen MR) is 81.3 cm³/mol. The molecule has 1 aromatic carbocycles. The number of halogens is 1. The number of anilines is 1. The van der Waals surface area contributed by atoms with Crippen LogP contribution in [-0.2, 0) is 6.42 Å². The lowest BCUT2D eigenvalue weighted by molar-refractivity contribution is 0.551. The number of nitrogens with one attached hydrogen (secondary N) is 1. The maximum atomic E-state index is 5.94. The van der Waals surface area contributed by atoms with Gasteiger partial charge >= 0.3 is 0 Å². The van der Waals surface area contributed by atoms with E-state index in [-0.39, 0.29) is 6.04 Å². The van der Waals surface area contributed by atoms with Crippen LogP contribution in [0, 0.1) is 6.92 Å². The minimum absolute atomic E-state index is 0.00315. The Bertz CT molecular complexity index is 571. The van der Waals surface area contributed by atoms with Crippen molar-refractivity contribution >= 4 is 21.6 Å². The fourth-order valence-electron chi connectivity index (χ4n) is 1.93. The second kappa shape index (κ2) is 6.14. The van der Waals surface area contributed by atoms with Crippen molar-refractivity contribution in [3.63, 3.8) is 0 Å². The number of rotatable bonds is 4. The summed E-state index contributed by atoms with van der Waals surface area (Å²) >= 11 is 3.54. The summed E-state index contributed by atoms with van der Waals surface area (Å²) in [5, 5.41) is 0. The number of nitrogen functional groups attached to an aromatic ring is 1. The molecule has 4 nitrogen and oxygen atoms in total. The molecule has 0 saturated carbocycles. The zero-order chi connectivity index (χ0) is 13.8. The molecule has 19 heavy (non-hydrogen) atoms. The first kappa shape index (κ1) is 14.0. The summed E-state index contributed by atoms with van der Waals surface area (Å²) < 4.78 is 1.07. The molecule has 0 aliphatic rings. The third kappa shape index (κ3) is 3.32. The summed E-state index contributed by atoms with van der Waals surface area (Å²) in [7, 11) is 0. The molecule has 1 aromatic heterocycles. The topological polar surface area (TPSA) is 77.0 Å². The normalized spacial score (nSPS) is 12.4. The molecule has 1 heterocycles. The van der Waals surface area contributed by atoms with Crippen molar-refractivity contribution in [1.29, 1.82) is 0 Å². The average Bonchev–Trinajstić information content (AvgIpc) is 2.41. The Morgan fingerprint density at radius 3 is 2.79 bits per heavy atom. The van der Waals surface area contributed by atoms with Crippen LogP contribution in [-0.4, -0.2) is 4.98 Å². The van der Waals surface area contributed by atoms with E-state index in [0.717, 1.165) is 21.3 Å². The first-order chi connectivity index (χ1) is 9.11. The molecule has 0 aliphatic heterocycles. The van der Waals surface area contributed by atoms with Gasteiger partial charge in [-0.15, -0.1) is 0 Å². The van der Waals surface area contributed by atoms with Gasteiger partial charge in [0.25, 0.3) is 0 Å². The van der Waals surface area contributed by atoms with E-state index in [0.29, 0.717) is 6.42 Å².